The topological polar surface area (TPSA) is 29.9 Å². The molecule has 3 nitrogen and oxygen atoms in total. The van der Waals surface area contributed by atoms with Crippen LogP contribution in [0.3, 0.4) is 0 Å². The number of fused-ring (bicyclic) bond motifs is 1. The van der Waals surface area contributed by atoms with Gasteiger partial charge in [0.2, 0.25) is 0 Å². The van der Waals surface area contributed by atoms with Crippen LogP contribution in [-0.4, -0.2) is 16.3 Å². The normalized spacial score (nSPS) is 13.0. The second-order valence-electron chi connectivity index (χ2n) is 6.21. The fraction of sp³-hybridized carbons (Fsp3) is 0.211. The molecule has 0 radical (unpaired) electrons. The number of hydrogen-bond acceptors (Lipinski definition) is 2. The zero-order valence-corrected chi connectivity index (χ0v) is 15.9. The van der Waals surface area contributed by atoms with Crippen molar-refractivity contribution in [2.75, 3.05) is 11.9 Å². The van der Waals surface area contributed by atoms with E-state index in [1.165, 1.54) is 5.56 Å². The Balaban J connectivity index is 1.79. The highest BCUT2D eigenvalue weighted by atomic mass is 35.5. The number of aryl methyl sites for hydroxylation is 1. The van der Waals surface area contributed by atoms with E-state index in [0.29, 0.717) is 21.5 Å². The summed E-state index contributed by atoms with van der Waals surface area (Å²) in [4.78, 5) is 0. The van der Waals surface area contributed by atoms with Gasteiger partial charge >= 0.3 is 0 Å². The SMILES string of the molecule is Cc1ccc(Cl)cc1-n1nc(Cc2ccc(Cl)cc2Cl)c2c1NCC2. The molecule has 1 aliphatic rings. The number of anilines is 1. The van der Waals surface area contributed by atoms with Crippen molar-refractivity contribution in [2.45, 2.75) is 19.8 Å². The predicted molar refractivity (Wildman–Crippen MR) is 105 cm³/mol. The van der Waals surface area contributed by atoms with Gasteiger partial charge in [0.25, 0.3) is 0 Å². The quantitative estimate of drug-likeness (QED) is 0.619. The van der Waals surface area contributed by atoms with Crippen molar-refractivity contribution in [2.24, 2.45) is 0 Å². The molecule has 0 bridgehead atoms. The number of aromatic nitrogens is 2. The van der Waals surface area contributed by atoms with Crippen LogP contribution in [0.1, 0.15) is 22.4 Å². The Morgan fingerprint density at radius 3 is 2.64 bits per heavy atom. The second-order valence-corrected chi connectivity index (χ2v) is 7.49. The summed E-state index contributed by atoms with van der Waals surface area (Å²) in [6, 6.07) is 11.4. The first-order valence-corrected chi connectivity index (χ1v) is 9.21. The van der Waals surface area contributed by atoms with Gasteiger partial charge in [-0.1, -0.05) is 46.9 Å². The first kappa shape index (κ1) is 16.8. The fourth-order valence-electron chi connectivity index (χ4n) is 3.22. The molecular weight excluding hydrogens is 377 g/mol. The van der Waals surface area contributed by atoms with Crippen LogP contribution in [0.25, 0.3) is 5.69 Å². The van der Waals surface area contributed by atoms with E-state index in [2.05, 4.69) is 12.2 Å². The largest absolute Gasteiger partial charge is 0.369 e. The summed E-state index contributed by atoms with van der Waals surface area (Å²) in [7, 11) is 0. The number of hydrogen-bond donors (Lipinski definition) is 1. The van der Waals surface area contributed by atoms with Crippen LogP contribution in [0.4, 0.5) is 5.82 Å². The van der Waals surface area contributed by atoms with Crippen molar-refractivity contribution in [3.8, 4) is 5.69 Å². The molecule has 128 valence electrons. The van der Waals surface area contributed by atoms with Gasteiger partial charge in [0.15, 0.2) is 0 Å². The first-order valence-electron chi connectivity index (χ1n) is 8.08. The molecular formula is C19H16Cl3N3. The third kappa shape index (κ3) is 3.12. The van der Waals surface area contributed by atoms with E-state index >= 15 is 0 Å². The number of rotatable bonds is 3. The van der Waals surface area contributed by atoms with E-state index in [1.54, 1.807) is 6.07 Å². The second kappa shape index (κ2) is 6.56. The van der Waals surface area contributed by atoms with Gasteiger partial charge in [0.1, 0.15) is 5.82 Å². The standard InChI is InChI=1S/C19H16Cl3N3/c1-11-2-4-14(21)10-18(11)25-19-15(6-7-23-19)17(24-25)8-12-3-5-13(20)9-16(12)22/h2-5,9-10,23H,6-8H2,1H3. The van der Waals surface area contributed by atoms with E-state index in [1.807, 2.05) is 35.0 Å². The zero-order valence-electron chi connectivity index (χ0n) is 13.6. The molecule has 25 heavy (non-hydrogen) atoms. The summed E-state index contributed by atoms with van der Waals surface area (Å²) >= 11 is 18.5. The van der Waals surface area contributed by atoms with Crippen molar-refractivity contribution >= 4 is 40.6 Å². The highest BCUT2D eigenvalue weighted by Gasteiger charge is 2.24. The van der Waals surface area contributed by atoms with Gasteiger partial charge in [0, 0.05) is 33.6 Å². The molecule has 0 unspecified atom stereocenters. The molecule has 1 aromatic heterocycles. The molecule has 3 aromatic rings. The van der Waals surface area contributed by atoms with E-state index in [4.69, 9.17) is 39.9 Å². The Labute approximate surface area is 161 Å². The highest BCUT2D eigenvalue weighted by molar-refractivity contribution is 6.35. The van der Waals surface area contributed by atoms with Crippen LogP contribution >= 0.6 is 34.8 Å². The van der Waals surface area contributed by atoms with E-state index in [-0.39, 0.29) is 0 Å². The van der Waals surface area contributed by atoms with Gasteiger partial charge in [-0.3, -0.25) is 0 Å². The summed E-state index contributed by atoms with van der Waals surface area (Å²) in [6.07, 6.45) is 1.63. The van der Waals surface area contributed by atoms with E-state index in [0.717, 1.165) is 41.3 Å². The Morgan fingerprint density at radius 1 is 1.08 bits per heavy atom. The minimum absolute atomic E-state index is 0.640. The van der Waals surface area contributed by atoms with Crippen molar-refractivity contribution in [1.29, 1.82) is 0 Å². The maximum Gasteiger partial charge on any atom is 0.133 e. The van der Waals surface area contributed by atoms with Crippen LogP contribution in [0.15, 0.2) is 36.4 Å². The van der Waals surface area contributed by atoms with Gasteiger partial charge in [-0.15, -0.1) is 0 Å². The summed E-state index contributed by atoms with van der Waals surface area (Å²) in [5, 5.41) is 10.3. The lowest BCUT2D eigenvalue weighted by molar-refractivity contribution is 0.835. The number of halogens is 3. The monoisotopic (exact) mass is 391 g/mol. The maximum atomic E-state index is 6.35. The summed E-state index contributed by atoms with van der Waals surface area (Å²) < 4.78 is 1.96. The molecule has 0 saturated carbocycles. The van der Waals surface area contributed by atoms with Crippen LogP contribution in [-0.2, 0) is 12.8 Å². The molecule has 0 amide bonds. The Hall–Kier alpha value is -1.68. The maximum absolute atomic E-state index is 6.35. The summed E-state index contributed by atoms with van der Waals surface area (Å²) in [6.45, 7) is 2.97. The number of benzene rings is 2. The summed E-state index contributed by atoms with van der Waals surface area (Å²) in [5.74, 6) is 1.05. The zero-order chi connectivity index (χ0) is 17.6. The molecule has 0 aliphatic carbocycles. The van der Waals surface area contributed by atoms with Gasteiger partial charge < -0.3 is 5.32 Å². The Morgan fingerprint density at radius 2 is 1.84 bits per heavy atom. The molecule has 0 fully saturated rings. The number of nitrogens with one attached hydrogen (secondary N) is 1. The lowest BCUT2D eigenvalue weighted by Crippen LogP contribution is -2.06. The van der Waals surface area contributed by atoms with Gasteiger partial charge in [0.05, 0.1) is 11.4 Å². The average molecular weight is 393 g/mol. The van der Waals surface area contributed by atoms with Gasteiger partial charge in [-0.2, -0.15) is 5.10 Å². The highest BCUT2D eigenvalue weighted by Crippen LogP contribution is 2.33. The molecule has 1 N–H and O–H groups in total. The van der Waals surface area contributed by atoms with Crippen molar-refractivity contribution in [1.82, 2.24) is 9.78 Å². The number of nitrogens with zero attached hydrogens (tertiary/aromatic N) is 2. The van der Waals surface area contributed by atoms with Gasteiger partial charge in [-0.25, -0.2) is 4.68 Å². The van der Waals surface area contributed by atoms with Crippen molar-refractivity contribution in [3.63, 3.8) is 0 Å². The molecule has 0 saturated heterocycles. The molecule has 6 heteroatoms. The average Bonchev–Trinajstić information content (AvgIpc) is 3.16. The minimum atomic E-state index is 0.640. The third-order valence-electron chi connectivity index (χ3n) is 4.51. The van der Waals surface area contributed by atoms with Crippen LogP contribution < -0.4 is 5.32 Å². The summed E-state index contributed by atoms with van der Waals surface area (Å²) in [5.41, 5.74) is 5.41. The Kier molecular flexibility index (Phi) is 4.40. The molecule has 2 heterocycles. The van der Waals surface area contributed by atoms with Gasteiger partial charge in [-0.05, 0) is 48.7 Å². The fourth-order valence-corrected chi connectivity index (χ4v) is 3.86. The third-order valence-corrected chi connectivity index (χ3v) is 5.33. The molecule has 0 spiro atoms. The first-order chi connectivity index (χ1) is 12.0. The van der Waals surface area contributed by atoms with E-state index < -0.39 is 0 Å². The van der Waals surface area contributed by atoms with Crippen LogP contribution in [0.2, 0.25) is 15.1 Å². The molecule has 1 aliphatic heterocycles. The smallest absolute Gasteiger partial charge is 0.133 e. The molecule has 4 rings (SSSR count). The molecule has 2 aromatic carbocycles. The lowest BCUT2D eigenvalue weighted by Gasteiger charge is -2.10. The van der Waals surface area contributed by atoms with Crippen LogP contribution in [0.5, 0.6) is 0 Å². The molecule has 0 atom stereocenters. The van der Waals surface area contributed by atoms with Crippen molar-refractivity contribution in [3.05, 3.63) is 73.9 Å². The Bertz CT molecular complexity index is 963. The predicted octanol–water partition coefficient (Wildman–Crippen LogP) is 5.70. The lowest BCUT2D eigenvalue weighted by atomic mass is 10.1. The van der Waals surface area contributed by atoms with Crippen LogP contribution in [0, 0.1) is 6.92 Å². The van der Waals surface area contributed by atoms with Crippen molar-refractivity contribution < 1.29 is 0 Å². The van der Waals surface area contributed by atoms with E-state index in [9.17, 15) is 0 Å². The minimum Gasteiger partial charge on any atom is -0.369 e.